The van der Waals surface area contributed by atoms with Gasteiger partial charge in [-0.1, -0.05) is 29.8 Å². The van der Waals surface area contributed by atoms with Crippen LogP contribution in [0.2, 0.25) is 0 Å². The van der Waals surface area contributed by atoms with Gasteiger partial charge in [-0.3, -0.25) is 4.98 Å². The zero-order valence-corrected chi connectivity index (χ0v) is 12.7. The molecule has 0 fully saturated rings. The third-order valence-electron chi connectivity index (χ3n) is 3.12. The fourth-order valence-corrected chi connectivity index (χ4v) is 3.33. The van der Waals surface area contributed by atoms with Crippen molar-refractivity contribution in [2.45, 2.75) is 24.8 Å². The van der Waals surface area contributed by atoms with Crippen LogP contribution in [0.5, 0.6) is 0 Å². The van der Waals surface area contributed by atoms with Crippen LogP contribution in [0.1, 0.15) is 16.8 Å². The van der Waals surface area contributed by atoms with Crippen LogP contribution in [0.4, 0.5) is 0 Å². The fraction of sp³-hybridized carbons (Fsp3) is 0.267. The van der Waals surface area contributed by atoms with Crippen molar-refractivity contribution < 1.29 is 8.42 Å². The standard InChI is InChI=1S/C15H19N3O2S/c1-12-4-2-5-13(10-12)7-9-18-21(19,20)15-6-3-8-17-14(15)11-16/h2-6,8,10,18H,7,9,11,16H2,1H3. The van der Waals surface area contributed by atoms with E-state index in [4.69, 9.17) is 5.73 Å². The van der Waals surface area contributed by atoms with Crippen molar-refractivity contribution in [1.82, 2.24) is 9.71 Å². The minimum atomic E-state index is -3.58. The molecule has 1 heterocycles. The van der Waals surface area contributed by atoms with E-state index in [2.05, 4.69) is 9.71 Å². The molecule has 2 aromatic rings. The summed E-state index contributed by atoms with van der Waals surface area (Å²) in [5, 5.41) is 0. The molecule has 0 bridgehead atoms. The monoisotopic (exact) mass is 305 g/mol. The highest BCUT2D eigenvalue weighted by Gasteiger charge is 2.17. The van der Waals surface area contributed by atoms with Crippen molar-refractivity contribution in [2.24, 2.45) is 5.73 Å². The number of nitrogens with zero attached hydrogens (tertiary/aromatic N) is 1. The van der Waals surface area contributed by atoms with Gasteiger partial charge in [0.1, 0.15) is 4.90 Å². The average Bonchev–Trinajstić information content (AvgIpc) is 2.47. The lowest BCUT2D eigenvalue weighted by atomic mass is 10.1. The molecule has 112 valence electrons. The number of hydrogen-bond donors (Lipinski definition) is 2. The molecule has 0 amide bonds. The van der Waals surface area contributed by atoms with Gasteiger partial charge in [0.2, 0.25) is 10.0 Å². The zero-order valence-electron chi connectivity index (χ0n) is 11.9. The van der Waals surface area contributed by atoms with Gasteiger partial charge in [0, 0.05) is 19.3 Å². The summed E-state index contributed by atoms with van der Waals surface area (Å²) in [5.74, 6) is 0. The smallest absolute Gasteiger partial charge is 0.242 e. The molecule has 0 aliphatic carbocycles. The van der Waals surface area contributed by atoms with Crippen molar-refractivity contribution in [2.75, 3.05) is 6.54 Å². The van der Waals surface area contributed by atoms with E-state index in [0.717, 1.165) is 11.1 Å². The van der Waals surface area contributed by atoms with Gasteiger partial charge in [0.25, 0.3) is 0 Å². The molecule has 21 heavy (non-hydrogen) atoms. The van der Waals surface area contributed by atoms with E-state index in [-0.39, 0.29) is 11.4 Å². The topological polar surface area (TPSA) is 85.1 Å². The van der Waals surface area contributed by atoms with Crippen molar-refractivity contribution in [1.29, 1.82) is 0 Å². The summed E-state index contributed by atoms with van der Waals surface area (Å²) in [5.41, 5.74) is 8.16. The number of nitrogens with two attached hydrogens (primary N) is 1. The van der Waals surface area contributed by atoms with Crippen LogP contribution in [0, 0.1) is 6.92 Å². The van der Waals surface area contributed by atoms with E-state index in [1.807, 2.05) is 31.2 Å². The molecular weight excluding hydrogens is 286 g/mol. The Balaban J connectivity index is 2.05. The molecule has 0 saturated carbocycles. The van der Waals surface area contributed by atoms with E-state index in [0.29, 0.717) is 18.7 Å². The molecule has 6 heteroatoms. The van der Waals surface area contributed by atoms with Gasteiger partial charge in [-0.25, -0.2) is 13.1 Å². The quantitative estimate of drug-likeness (QED) is 0.844. The van der Waals surface area contributed by atoms with E-state index >= 15 is 0 Å². The molecule has 0 aliphatic heterocycles. The third-order valence-corrected chi connectivity index (χ3v) is 4.65. The Bertz CT molecular complexity index is 714. The number of aromatic nitrogens is 1. The number of aryl methyl sites for hydroxylation is 1. The van der Waals surface area contributed by atoms with Crippen LogP contribution in [0.3, 0.4) is 0 Å². The van der Waals surface area contributed by atoms with Crippen molar-refractivity contribution in [3.05, 3.63) is 59.4 Å². The predicted molar refractivity (Wildman–Crippen MR) is 82.2 cm³/mol. The maximum atomic E-state index is 12.3. The summed E-state index contributed by atoms with van der Waals surface area (Å²) in [7, 11) is -3.58. The molecule has 0 aliphatic rings. The highest BCUT2D eigenvalue weighted by Crippen LogP contribution is 2.12. The van der Waals surface area contributed by atoms with Gasteiger partial charge >= 0.3 is 0 Å². The maximum Gasteiger partial charge on any atom is 0.242 e. The fourth-order valence-electron chi connectivity index (χ4n) is 2.10. The second-order valence-electron chi connectivity index (χ2n) is 4.79. The largest absolute Gasteiger partial charge is 0.325 e. The Morgan fingerprint density at radius 3 is 2.76 bits per heavy atom. The lowest BCUT2D eigenvalue weighted by molar-refractivity contribution is 0.579. The molecule has 0 atom stereocenters. The Labute approximate surface area is 125 Å². The van der Waals surface area contributed by atoms with Crippen molar-refractivity contribution in [3.8, 4) is 0 Å². The molecule has 0 saturated heterocycles. The molecule has 0 radical (unpaired) electrons. The van der Waals surface area contributed by atoms with Crippen LogP contribution in [0.15, 0.2) is 47.5 Å². The lowest BCUT2D eigenvalue weighted by Crippen LogP contribution is -2.27. The second-order valence-corrected chi connectivity index (χ2v) is 6.52. The minimum Gasteiger partial charge on any atom is -0.325 e. The first kappa shape index (κ1) is 15.6. The second kappa shape index (κ2) is 6.80. The van der Waals surface area contributed by atoms with Gasteiger partial charge in [0.15, 0.2) is 0 Å². The zero-order chi connectivity index (χ0) is 15.3. The number of nitrogens with one attached hydrogen (secondary N) is 1. The summed E-state index contributed by atoms with van der Waals surface area (Å²) in [6, 6.07) is 11.1. The molecule has 2 rings (SSSR count). The first-order valence-corrected chi connectivity index (χ1v) is 8.20. The van der Waals surface area contributed by atoms with Gasteiger partial charge < -0.3 is 5.73 Å². The first-order valence-electron chi connectivity index (χ1n) is 6.72. The summed E-state index contributed by atoms with van der Waals surface area (Å²) >= 11 is 0. The highest BCUT2D eigenvalue weighted by molar-refractivity contribution is 7.89. The molecule has 5 nitrogen and oxygen atoms in total. The van der Waals surface area contributed by atoms with Gasteiger partial charge in [0.05, 0.1) is 5.69 Å². The highest BCUT2D eigenvalue weighted by atomic mass is 32.2. The summed E-state index contributed by atoms with van der Waals surface area (Å²) in [6.07, 6.45) is 2.17. The number of pyridine rings is 1. The molecule has 0 unspecified atom stereocenters. The van der Waals surface area contributed by atoms with Crippen LogP contribution in [-0.2, 0) is 23.0 Å². The Kier molecular flexibility index (Phi) is 5.06. The molecule has 3 N–H and O–H groups in total. The summed E-state index contributed by atoms with van der Waals surface area (Å²) in [6.45, 7) is 2.44. The van der Waals surface area contributed by atoms with Crippen LogP contribution >= 0.6 is 0 Å². The SMILES string of the molecule is Cc1cccc(CCNS(=O)(=O)c2cccnc2CN)c1. The van der Waals surface area contributed by atoms with Crippen LogP contribution in [-0.4, -0.2) is 19.9 Å². The van der Waals surface area contributed by atoms with E-state index in [1.165, 1.54) is 12.3 Å². The van der Waals surface area contributed by atoms with E-state index < -0.39 is 10.0 Å². The number of benzene rings is 1. The predicted octanol–water partition coefficient (Wildman–Crippen LogP) is 1.37. The number of rotatable bonds is 6. The van der Waals surface area contributed by atoms with E-state index in [9.17, 15) is 8.42 Å². The lowest BCUT2D eigenvalue weighted by Gasteiger charge is -2.09. The maximum absolute atomic E-state index is 12.3. The molecular formula is C15H19N3O2S. The average molecular weight is 305 g/mol. The minimum absolute atomic E-state index is 0.0922. The number of sulfonamides is 1. The van der Waals surface area contributed by atoms with Gasteiger partial charge in [-0.2, -0.15) is 0 Å². The van der Waals surface area contributed by atoms with Gasteiger partial charge in [-0.15, -0.1) is 0 Å². The van der Waals surface area contributed by atoms with E-state index in [1.54, 1.807) is 6.07 Å². The summed E-state index contributed by atoms with van der Waals surface area (Å²) in [4.78, 5) is 4.15. The van der Waals surface area contributed by atoms with Crippen molar-refractivity contribution in [3.63, 3.8) is 0 Å². The normalized spacial score (nSPS) is 11.5. The van der Waals surface area contributed by atoms with Gasteiger partial charge in [-0.05, 0) is 31.0 Å². The Morgan fingerprint density at radius 2 is 2.05 bits per heavy atom. The summed E-state index contributed by atoms with van der Waals surface area (Å²) < 4.78 is 27.1. The third kappa shape index (κ3) is 4.10. The van der Waals surface area contributed by atoms with Crippen LogP contribution in [0.25, 0.3) is 0 Å². The molecule has 0 spiro atoms. The Morgan fingerprint density at radius 1 is 1.24 bits per heavy atom. The van der Waals surface area contributed by atoms with Crippen LogP contribution < -0.4 is 10.5 Å². The molecule has 1 aromatic carbocycles. The Hall–Kier alpha value is -1.76. The first-order chi connectivity index (χ1) is 10.0. The molecule has 1 aromatic heterocycles. The number of hydrogen-bond acceptors (Lipinski definition) is 4. The van der Waals surface area contributed by atoms with Crippen molar-refractivity contribution >= 4 is 10.0 Å².